The van der Waals surface area contributed by atoms with E-state index in [9.17, 15) is 4.79 Å². The fraction of sp³-hybridized carbons (Fsp3) is 0.579. The molecule has 5 heteroatoms. The topological polar surface area (TPSA) is 51.3 Å². The lowest BCUT2D eigenvalue weighted by atomic mass is 9.95. The van der Waals surface area contributed by atoms with E-state index in [2.05, 4.69) is 5.10 Å². The molecule has 0 N–H and O–H groups in total. The molecule has 24 heavy (non-hydrogen) atoms. The molecule has 0 bridgehead atoms. The third-order valence-corrected chi connectivity index (χ3v) is 5.41. The average molecular weight is 327 g/mol. The molecule has 1 fully saturated rings. The van der Waals surface area contributed by atoms with Crippen molar-refractivity contribution in [1.29, 1.82) is 0 Å². The van der Waals surface area contributed by atoms with Crippen molar-refractivity contribution in [1.82, 2.24) is 14.7 Å². The van der Waals surface area contributed by atoms with Gasteiger partial charge in [-0.15, -0.1) is 0 Å². The Morgan fingerprint density at radius 1 is 1.21 bits per heavy atom. The molecule has 4 rings (SSSR count). The van der Waals surface area contributed by atoms with E-state index in [1.807, 2.05) is 28.8 Å². The van der Waals surface area contributed by atoms with Crippen molar-refractivity contribution in [3.8, 4) is 0 Å². The smallest absolute Gasteiger partial charge is 0.273 e. The minimum Gasteiger partial charge on any atom is -0.467 e. The van der Waals surface area contributed by atoms with Crippen LogP contribution in [0.15, 0.2) is 22.8 Å². The zero-order chi connectivity index (χ0) is 16.5. The molecule has 0 unspecified atom stereocenters. The van der Waals surface area contributed by atoms with Crippen LogP contribution in [0.25, 0.3) is 0 Å². The zero-order valence-electron chi connectivity index (χ0n) is 14.3. The number of furan rings is 1. The van der Waals surface area contributed by atoms with Gasteiger partial charge in [0, 0.05) is 19.2 Å². The molecule has 1 aliphatic heterocycles. The van der Waals surface area contributed by atoms with Crippen molar-refractivity contribution >= 4 is 5.91 Å². The Bertz CT molecular complexity index is 717. The van der Waals surface area contributed by atoms with E-state index in [4.69, 9.17) is 4.42 Å². The molecular formula is C19H25N3O2. The van der Waals surface area contributed by atoms with E-state index in [1.54, 1.807) is 6.26 Å². The summed E-state index contributed by atoms with van der Waals surface area (Å²) < 4.78 is 7.46. The summed E-state index contributed by atoms with van der Waals surface area (Å²) in [5.41, 5.74) is 3.09. The molecule has 0 radical (unpaired) electrons. The van der Waals surface area contributed by atoms with Gasteiger partial charge in [0.05, 0.1) is 18.0 Å². The van der Waals surface area contributed by atoms with Gasteiger partial charge in [0.15, 0.2) is 0 Å². The Morgan fingerprint density at radius 3 is 2.92 bits per heavy atom. The molecule has 1 aliphatic carbocycles. The Morgan fingerprint density at radius 2 is 2.08 bits per heavy atom. The highest BCUT2D eigenvalue weighted by Crippen LogP contribution is 2.33. The largest absolute Gasteiger partial charge is 0.467 e. The predicted molar refractivity (Wildman–Crippen MR) is 90.8 cm³/mol. The van der Waals surface area contributed by atoms with Crippen LogP contribution in [0.4, 0.5) is 0 Å². The number of amides is 1. The second-order valence-corrected chi connectivity index (χ2v) is 6.98. The van der Waals surface area contributed by atoms with E-state index >= 15 is 0 Å². The van der Waals surface area contributed by atoms with Crippen LogP contribution < -0.4 is 0 Å². The van der Waals surface area contributed by atoms with E-state index < -0.39 is 0 Å². The first-order valence-electron chi connectivity index (χ1n) is 9.15. The summed E-state index contributed by atoms with van der Waals surface area (Å²) in [6.45, 7) is 0.796. The van der Waals surface area contributed by atoms with Gasteiger partial charge in [-0.25, -0.2) is 0 Å². The summed E-state index contributed by atoms with van der Waals surface area (Å²) in [6, 6.07) is 3.95. The molecule has 2 aromatic rings. The minimum absolute atomic E-state index is 0.0455. The average Bonchev–Trinajstić information content (AvgIpc) is 3.15. The standard InChI is InChI=1S/C19H25N3O2/c1-21-18(14-8-4-5-9-15(14)20-21)19(23)22-12-6-2-3-10-16(22)17-11-7-13-24-17/h7,11,13,16H,2-6,8-10,12H2,1H3/t16-/m1/s1. The van der Waals surface area contributed by atoms with Crippen LogP contribution in [0.1, 0.15) is 72.1 Å². The third-order valence-electron chi connectivity index (χ3n) is 5.41. The van der Waals surface area contributed by atoms with Gasteiger partial charge in [-0.05, 0) is 50.7 Å². The summed E-state index contributed by atoms with van der Waals surface area (Å²) in [7, 11) is 1.91. The van der Waals surface area contributed by atoms with E-state index in [1.165, 1.54) is 18.4 Å². The molecule has 0 spiro atoms. The molecule has 1 atom stereocenters. The number of likely N-dealkylation sites (tertiary alicyclic amines) is 1. The fourth-order valence-electron chi connectivity index (χ4n) is 4.21. The van der Waals surface area contributed by atoms with Crippen molar-refractivity contribution in [2.24, 2.45) is 7.05 Å². The minimum atomic E-state index is 0.0455. The van der Waals surface area contributed by atoms with Gasteiger partial charge in [-0.3, -0.25) is 9.48 Å². The quantitative estimate of drug-likeness (QED) is 0.846. The predicted octanol–water partition coefficient (Wildman–Crippen LogP) is 3.65. The molecular weight excluding hydrogens is 302 g/mol. The number of fused-ring (bicyclic) bond motifs is 1. The first-order valence-corrected chi connectivity index (χ1v) is 9.15. The summed E-state index contributed by atoms with van der Waals surface area (Å²) in [5.74, 6) is 1.03. The lowest BCUT2D eigenvalue weighted by Gasteiger charge is -2.29. The Kier molecular flexibility index (Phi) is 4.17. The Hall–Kier alpha value is -2.04. The zero-order valence-corrected chi connectivity index (χ0v) is 14.3. The molecule has 1 amide bonds. The van der Waals surface area contributed by atoms with Gasteiger partial charge < -0.3 is 9.32 Å². The molecule has 3 heterocycles. The maximum atomic E-state index is 13.4. The molecule has 5 nitrogen and oxygen atoms in total. The number of aryl methyl sites for hydroxylation is 2. The second kappa shape index (κ2) is 6.46. The van der Waals surface area contributed by atoms with Crippen LogP contribution in [-0.4, -0.2) is 27.1 Å². The van der Waals surface area contributed by atoms with Gasteiger partial charge in [-0.2, -0.15) is 5.10 Å². The molecule has 0 saturated carbocycles. The first kappa shape index (κ1) is 15.5. The Balaban J connectivity index is 1.70. The maximum absolute atomic E-state index is 13.4. The van der Waals surface area contributed by atoms with Gasteiger partial charge in [0.25, 0.3) is 5.91 Å². The lowest BCUT2D eigenvalue weighted by molar-refractivity contribution is 0.0646. The third kappa shape index (κ3) is 2.66. The number of aromatic nitrogens is 2. The highest BCUT2D eigenvalue weighted by molar-refractivity contribution is 5.94. The SMILES string of the molecule is Cn1nc2c(c1C(=O)N1CCCCC[C@@H]1c1ccco1)CCCC2. The van der Waals surface area contributed by atoms with Crippen molar-refractivity contribution in [2.45, 2.75) is 57.4 Å². The number of carbonyl (C=O) groups is 1. The van der Waals surface area contributed by atoms with Gasteiger partial charge >= 0.3 is 0 Å². The van der Waals surface area contributed by atoms with Crippen LogP contribution >= 0.6 is 0 Å². The number of nitrogens with zero attached hydrogens (tertiary/aromatic N) is 3. The van der Waals surface area contributed by atoms with E-state index in [0.29, 0.717) is 0 Å². The fourth-order valence-corrected chi connectivity index (χ4v) is 4.21. The summed E-state index contributed by atoms with van der Waals surface area (Å²) >= 11 is 0. The molecule has 2 aromatic heterocycles. The maximum Gasteiger partial charge on any atom is 0.273 e. The molecule has 128 valence electrons. The lowest BCUT2D eigenvalue weighted by Crippen LogP contribution is -2.36. The van der Waals surface area contributed by atoms with E-state index in [-0.39, 0.29) is 11.9 Å². The summed E-state index contributed by atoms with van der Waals surface area (Å²) in [6.07, 6.45) is 10.3. The van der Waals surface area contributed by atoms with E-state index in [0.717, 1.165) is 62.2 Å². The van der Waals surface area contributed by atoms with Crippen LogP contribution in [0.3, 0.4) is 0 Å². The van der Waals surface area contributed by atoms with Gasteiger partial charge in [0.2, 0.25) is 0 Å². The van der Waals surface area contributed by atoms with Crippen molar-refractivity contribution in [3.05, 3.63) is 41.1 Å². The van der Waals surface area contributed by atoms with Crippen molar-refractivity contribution in [3.63, 3.8) is 0 Å². The highest BCUT2D eigenvalue weighted by Gasteiger charge is 2.33. The number of hydrogen-bond acceptors (Lipinski definition) is 3. The van der Waals surface area contributed by atoms with Crippen LogP contribution in [0.5, 0.6) is 0 Å². The molecule has 0 aromatic carbocycles. The van der Waals surface area contributed by atoms with Crippen LogP contribution in [0.2, 0.25) is 0 Å². The summed E-state index contributed by atoms with van der Waals surface area (Å²) in [5, 5.41) is 4.62. The van der Waals surface area contributed by atoms with Gasteiger partial charge in [0.1, 0.15) is 11.5 Å². The number of hydrogen-bond donors (Lipinski definition) is 0. The monoisotopic (exact) mass is 327 g/mol. The number of carbonyl (C=O) groups excluding carboxylic acids is 1. The Labute approximate surface area is 142 Å². The van der Waals surface area contributed by atoms with Crippen molar-refractivity contribution in [2.75, 3.05) is 6.54 Å². The van der Waals surface area contributed by atoms with Gasteiger partial charge in [-0.1, -0.05) is 12.8 Å². The molecule has 2 aliphatic rings. The van der Waals surface area contributed by atoms with Crippen LogP contribution in [0, 0.1) is 0 Å². The normalized spacial score (nSPS) is 21.4. The first-order chi connectivity index (χ1) is 11.8. The number of rotatable bonds is 2. The van der Waals surface area contributed by atoms with Crippen molar-refractivity contribution < 1.29 is 9.21 Å². The molecule has 1 saturated heterocycles. The van der Waals surface area contributed by atoms with Crippen LogP contribution in [-0.2, 0) is 19.9 Å². The highest BCUT2D eigenvalue weighted by atomic mass is 16.3. The summed E-state index contributed by atoms with van der Waals surface area (Å²) in [4.78, 5) is 15.5. The second-order valence-electron chi connectivity index (χ2n) is 6.98.